The van der Waals surface area contributed by atoms with Crippen molar-refractivity contribution in [2.24, 2.45) is 5.92 Å². The summed E-state index contributed by atoms with van der Waals surface area (Å²) < 4.78 is 5.37. The van der Waals surface area contributed by atoms with E-state index in [1.165, 1.54) is 6.92 Å². The Labute approximate surface area is 131 Å². The minimum Gasteiger partial charge on any atom is -0.464 e. The fourth-order valence-electron chi connectivity index (χ4n) is 2.96. The van der Waals surface area contributed by atoms with E-state index in [4.69, 9.17) is 4.74 Å². The van der Waals surface area contributed by atoms with Crippen molar-refractivity contribution in [3.63, 3.8) is 0 Å². The van der Waals surface area contributed by atoms with Gasteiger partial charge in [0.1, 0.15) is 6.04 Å². The Morgan fingerprint density at radius 1 is 1.41 bits per heavy atom. The predicted molar refractivity (Wildman–Crippen MR) is 83.1 cm³/mol. The van der Waals surface area contributed by atoms with Gasteiger partial charge in [-0.2, -0.15) is 0 Å². The fraction of sp³-hybridized carbons (Fsp3) is 0.588. The Hall–Kier alpha value is -1.91. The first kappa shape index (κ1) is 16.5. The summed E-state index contributed by atoms with van der Waals surface area (Å²) in [6, 6.07) is 3.42. The average molecular weight is 304 g/mol. The zero-order valence-electron chi connectivity index (χ0n) is 13.1. The van der Waals surface area contributed by atoms with Gasteiger partial charge in [0.25, 0.3) is 0 Å². The average Bonchev–Trinajstić information content (AvgIpc) is 3.04. The molecule has 1 aliphatic rings. The van der Waals surface area contributed by atoms with Crippen LogP contribution in [0.4, 0.5) is 0 Å². The van der Waals surface area contributed by atoms with E-state index in [1.807, 2.05) is 18.3 Å². The van der Waals surface area contributed by atoms with Gasteiger partial charge in [-0.25, -0.2) is 4.79 Å². The lowest BCUT2D eigenvalue weighted by Gasteiger charge is -2.22. The lowest BCUT2D eigenvalue weighted by molar-refractivity contribution is -0.149. The summed E-state index contributed by atoms with van der Waals surface area (Å²) in [5, 5.41) is 2.76. The van der Waals surface area contributed by atoms with E-state index < -0.39 is 6.04 Å². The molecule has 1 aromatic rings. The molecule has 0 saturated heterocycles. The lowest BCUT2D eigenvalue weighted by Crippen LogP contribution is -2.45. The highest BCUT2D eigenvalue weighted by atomic mass is 16.5. The number of hydrogen-bond acceptors (Lipinski definition) is 4. The number of rotatable bonds is 7. The molecule has 1 saturated carbocycles. The van der Waals surface area contributed by atoms with Gasteiger partial charge in [0, 0.05) is 19.3 Å². The van der Waals surface area contributed by atoms with Crippen LogP contribution in [0.2, 0.25) is 0 Å². The van der Waals surface area contributed by atoms with Gasteiger partial charge in [-0.3, -0.25) is 9.78 Å². The summed E-state index contributed by atoms with van der Waals surface area (Å²) in [6.45, 7) is 1.81. The monoisotopic (exact) mass is 304 g/mol. The van der Waals surface area contributed by atoms with Crippen LogP contribution >= 0.6 is 0 Å². The Morgan fingerprint density at radius 2 is 2.18 bits per heavy atom. The van der Waals surface area contributed by atoms with Crippen LogP contribution < -0.4 is 5.32 Å². The van der Waals surface area contributed by atoms with Crippen molar-refractivity contribution in [2.75, 3.05) is 6.61 Å². The molecular formula is C17H24N2O3. The molecule has 5 nitrogen and oxygen atoms in total. The second kappa shape index (κ2) is 8.51. The van der Waals surface area contributed by atoms with Crippen molar-refractivity contribution in [3.8, 4) is 0 Å². The van der Waals surface area contributed by atoms with Crippen molar-refractivity contribution in [2.45, 2.75) is 51.5 Å². The normalized spacial score (nSPS) is 16.2. The highest BCUT2D eigenvalue weighted by Crippen LogP contribution is 2.28. The lowest BCUT2D eigenvalue weighted by atomic mass is 9.98. The number of carbonyl (C=O) groups is 2. The van der Waals surface area contributed by atoms with Crippen LogP contribution in [0.25, 0.3) is 0 Å². The molecule has 1 unspecified atom stereocenters. The largest absolute Gasteiger partial charge is 0.464 e. The number of amides is 1. The van der Waals surface area contributed by atoms with Gasteiger partial charge in [-0.1, -0.05) is 18.9 Å². The van der Waals surface area contributed by atoms with Gasteiger partial charge in [0.05, 0.1) is 6.61 Å². The van der Waals surface area contributed by atoms with Gasteiger partial charge < -0.3 is 10.1 Å². The van der Waals surface area contributed by atoms with E-state index in [1.54, 1.807) is 6.20 Å². The standard InChI is InChI=1S/C17H24N2O3/c1-13(20)19-16(15-8-2-3-9-15)17(21)22-11-5-7-14-6-4-10-18-12-14/h4,6,10,12,15-16H,2-3,5,7-9,11H2,1H3,(H,19,20). The van der Waals surface area contributed by atoms with Crippen LogP contribution in [0.3, 0.4) is 0 Å². The Balaban J connectivity index is 1.76. The zero-order chi connectivity index (χ0) is 15.8. The van der Waals surface area contributed by atoms with Gasteiger partial charge >= 0.3 is 5.97 Å². The molecule has 1 heterocycles. The number of hydrogen-bond donors (Lipinski definition) is 1. The van der Waals surface area contributed by atoms with Crippen molar-refractivity contribution >= 4 is 11.9 Å². The first-order chi connectivity index (χ1) is 10.7. The van der Waals surface area contributed by atoms with Crippen molar-refractivity contribution in [1.82, 2.24) is 10.3 Å². The predicted octanol–water partition coefficient (Wildman–Crippen LogP) is 2.25. The van der Waals surface area contributed by atoms with Crippen LogP contribution in [-0.2, 0) is 20.7 Å². The SMILES string of the molecule is CC(=O)NC(C(=O)OCCCc1cccnc1)C1CCCC1. The van der Waals surface area contributed by atoms with Crippen LogP contribution in [0.5, 0.6) is 0 Å². The number of nitrogens with zero attached hydrogens (tertiary/aromatic N) is 1. The molecule has 0 aromatic carbocycles. The maximum Gasteiger partial charge on any atom is 0.328 e. The number of esters is 1. The molecule has 22 heavy (non-hydrogen) atoms. The number of aryl methyl sites for hydroxylation is 1. The van der Waals surface area contributed by atoms with E-state index in [2.05, 4.69) is 10.3 Å². The first-order valence-corrected chi connectivity index (χ1v) is 7.99. The molecule has 1 amide bonds. The molecule has 1 atom stereocenters. The number of ether oxygens (including phenoxy) is 1. The van der Waals surface area contributed by atoms with Crippen molar-refractivity contribution in [1.29, 1.82) is 0 Å². The van der Waals surface area contributed by atoms with Gasteiger partial charge in [-0.05, 0) is 43.2 Å². The van der Waals surface area contributed by atoms with E-state index >= 15 is 0 Å². The molecule has 5 heteroatoms. The van der Waals surface area contributed by atoms with E-state index in [-0.39, 0.29) is 17.8 Å². The van der Waals surface area contributed by atoms with E-state index in [0.717, 1.165) is 44.1 Å². The third-order valence-electron chi connectivity index (χ3n) is 4.06. The molecule has 120 valence electrons. The summed E-state index contributed by atoms with van der Waals surface area (Å²) in [4.78, 5) is 27.6. The van der Waals surface area contributed by atoms with Crippen LogP contribution in [0, 0.1) is 5.92 Å². The van der Waals surface area contributed by atoms with E-state index in [0.29, 0.717) is 6.61 Å². The molecular weight excluding hydrogens is 280 g/mol. The number of pyridine rings is 1. The van der Waals surface area contributed by atoms with Crippen molar-refractivity contribution < 1.29 is 14.3 Å². The fourth-order valence-corrected chi connectivity index (χ4v) is 2.96. The molecule has 0 spiro atoms. The third-order valence-corrected chi connectivity index (χ3v) is 4.06. The molecule has 1 fully saturated rings. The topological polar surface area (TPSA) is 68.3 Å². The smallest absolute Gasteiger partial charge is 0.328 e. The summed E-state index contributed by atoms with van der Waals surface area (Å²) in [5.74, 6) is -0.257. The molecule has 1 aromatic heterocycles. The van der Waals surface area contributed by atoms with Crippen molar-refractivity contribution in [3.05, 3.63) is 30.1 Å². The molecule has 0 aliphatic heterocycles. The van der Waals surface area contributed by atoms with Crippen LogP contribution in [0.1, 0.15) is 44.6 Å². The highest BCUT2D eigenvalue weighted by Gasteiger charge is 2.32. The van der Waals surface area contributed by atoms with Crippen LogP contribution in [0.15, 0.2) is 24.5 Å². The molecule has 2 rings (SSSR count). The quantitative estimate of drug-likeness (QED) is 0.619. The third kappa shape index (κ3) is 5.13. The number of nitrogens with one attached hydrogen (secondary N) is 1. The second-order valence-electron chi connectivity index (χ2n) is 5.86. The zero-order valence-corrected chi connectivity index (χ0v) is 13.1. The Kier molecular flexibility index (Phi) is 6.37. The summed E-state index contributed by atoms with van der Waals surface area (Å²) in [5.41, 5.74) is 1.13. The Morgan fingerprint density at radius 3 is 2.82 bits per heavy atom. The minimum absolute atomic E-state index is 0.177. The number of aromatic nitrogens is 1. The summed E-state index contributed by atoms with van der Waals surface area (Å²) in [6.07, 6.45) is 9.35. The Bertz CT molecular complexity index is 484. The molecule has 0 bridgehead atoms. The first-order valence-electron chi connectivity index (χ1n) is 7.99. The highest BCUT2D eigenvalue weighted by molar-refractivity contribution is 5.83. The number of carbonyl (C=O) groups excluding carboxylic acids is 2. The maximum atomic E-state index is 12.2. The molecule has 0 radical (unpaired) electrons. The van der Waals surface area contributed by atoms with Gasteiger partial charge in [0.2, 0.25) is 5.91 Å². The van der Waals surface area contributed by atoms with E-state index in [9.17, 15) is 9.59 Å². The minimum atomic E-state index is -0.488. The van der Waals surface area contributed by atoms with Gasteiger partial charge in [-0.15, -0.1) is 0 Å². The second-order valence-corrected chi connectivity index (χ2v) is 5.86. The summed E-state index contributed by atoms with van der Waals surface area (Å²) >= 11 is 0. The maximum absolute atomic E-state index is 12.2. The summed E-state index contributed by atoms with van der Waals surface area (Å²) in [7, 11) is 0. The molecule has 1 aliphatic carbocycles. The van der Waals surface area contributed by atoms with Crippen LogP contribution in [-0.4, -0.2) is 29.5 Å². The molecule has 1 N–H and O–H groups in total. The van der Waals surface area contributed by atoms with Gasteiger partial charge in [0.15, 0.2) is 0 Å².